The van der Waals surface area contributed by atoms with Crippen LogP contribution in [0.15, 0.2) is 28.7 Å². The van der Waals surface area contributed by atoms with Gasteiger partial charge in [0, 0.05) is 43.9 Å². The van der Waals surface area contributed by atoms with Crippen molar-refractivity contribution >= 4 is 16.9 Å². The molecule has 1 fully saturated rings. The largest absolute Gasteiger partial charge is 0.497 e. The van der Waals surface area contributed by atoms with E-state index >= 15 is 0 Å². The fraction of sp³-hybridized carbons (Fsp3) is 0.476. The van der Waals surface area contributed by atoms with Crippen LogP contribution >= 0.6 is 0 Å². The van der Waals surface area contributed by atoms with Crippen LogP contribution < -0.4 is 10.1 Å². The molecule has 152 valence electrons. The van der Waals surface area contributed by atoms with E-state index < -0.39 is 0 Å². The minimum atomic E-state index is -0.0836. The molecule has 8 nitrogen and oxygen atoms in total. The Morgan fingerprint density at radius 2 is 2.17 bits per heavy atom. The van der Waals surface area contributed by atoms with Gasteiger partial charge in [-0.25, -0.2) is 0 Å². The Kier molecular flexibility index (Phi) is 4.71. The van der Waals surface area contributed by atoms with E-state index in [4.69, 9.17) is 9.15 Å². The standard InChI is InChI=1S/C21H25N5O3/c1-28-16-4-5-17-15(11-16)12-18(29-17)21(27)25-8-6-19-23-24-20(26(19)10-9-25)14-3-2-7-22-13-14/h4-5,11-12,14,22H,2-3,6-10,13H2,1H3. The normalized spacial score (nSPS) is 19.8. The maximum absolute atomic E-state index is 13.1. The summed E-state index contributed by atoms with van der Waals surface area (Å²) in [5, 5.41) is 13.2. The zero-order chi connectivity index (χ0) is 19.8. The first kappa shape index (κ1) is 18.2. The van der Waals surface area contributed by atoms with Crippen LogP contribution in [0.2, 0.25) is 0 Å². The summed E-state index contributed by atoms with van der Waals surface area (Å²) in [6.07, 6.45) is 3.00. The second kappa shape index (κ2) is 7.51. The number of carbonyl (C=O) groups is 1. The first-order valence-electron chi connectivity index (χ1n) is 10.2. The van der Waals surface area contributed by atoms with E-state index in [0.29, 0.717) is 43.3 Å². The lowest BCUT2D eigenvalue weighted by atomic mass is 9.99. The number of fused-ring (bicyclic) bond motifs is 2. The van der Waals surface area contributed by atoms with Crippen LogP contribution in [0.1, 0.15) is 41.0 Å². The number of hydrogen-bond acceptors (Lipinski definition) is 6. The zero-order valence-electron chi connectivity index (χ0n) is 16.6. The average molecular weight is 395 g/mol. The number of carbonyl (C=O) groups excluding carboxylic acids is 1. The molecule has 1 N–H and O–H groups in total. The Morgan fingerprint density at radius 3 is 3.00 bits per heavy atom. The van der Waals surface area contributed by atoms with Crippen molar-refractivity contribution in [3.8, 4) is 5.75 Å². The average Bonchev–Trinajstić information content (AvgIpc) is 3.31. The second-order valence-electron chi connectivity index (χ2n) is 7.73. The van der Waals surface area contributed by atoms with E-state index in [1.165, 1.54) is 0 Å². The molecule has 1 saturated heterocycles. The summed E-state index contributed by atoms with van der Waals surface area (Å²) in [5.41, 5.74) is 0.688. The number of methoxy groups -OCH3 is 1. The minimum Gasteiger partial charge on any atom is -0.497 e. The number of hydrogen-bond donors (Lipinski definition) is 1. The summed E-state index contributed by atoms with van der Waals surface area (Å²) in [5.74, 6) is 3.45. The lowest BCUT2D eigenvalue weighted by molar-refractivity contribution is 0.0729. The van der Waals surface area contributed by atoms with E-state index in [9.17, 15) is 4.79 Å². The molecule has 5 rings (SSSR count). The minimum absolute atomic E-state index is 0.0836. The van der Waals surface area contributed by atoms with E-state index in [2.05, 4.69) is 20.1 Å². The maximum atomic E-state index is 13.1. The number of furan rings is 1. The molecule has 4 heterocycles. The van der Waals surface area contributed by atoms with Crippen LogP contribution in [-0.4, -0.2) is 58.9 Å². The monoisotopic (exact) mass is 395 g/mol. The summed E-state index contributed by atoms with van der Waals surface area (Å²) in [4.78, 5) is 14.9. The van der Waals surface area contributed by atoms with Crippen molar-refractivity contribution in [1.29, 1.82) is 0 Å². The third-order valence-corrected chi connectivity index (χ3v) is 5.94. The maximum Gasteiger partial charge on any atom is 0.289 e. The van der Waals surface area contributed by atoms with Gasteiger partial charge in [0.1, 0.15) is 23.0 Å². The van der Waals surface area contributed by atoms with Gasteiger partial charge in [-0.15, -0.1) is 10.2 Å². The summed E-state index contributed by atoms with van der Waals surface area (Å²) < 4.78 is 13.3. The van der Waals surface area contributed by atoms with Gasteiger partial charge in [-0.05, 0) is 43.7 Å². The molecule has 1 amide bonds. The highest BCUT2D eigenvalue weighted by Gasteiger charge is 2.28. The number of aromatic nitrogens is 3. The highest BCUT2D eigenvalue weighted by molar-refractivity contribution is 5.96. The summed E-state index contributed by atoms with van der Waals surface area (Å²) >= 11 is 0. The highest BCUT2D eigenvalue weighted by atomic mass is 16.5. The molecule has 2 aliphatic rings. The van der Waals surface area contributed by atoms with Gasteiger partial charge in [0.15, 0.2) is 5.76 Å². The van der Waals surface area contributed by atoms with Gasteiger partial charge in [0.25, 0.3) is 5.91 Å². The first-order valence-corrected chi connectivity index (χ1v) is 10.2. The van der Waals surface area contributed by atoms with Crippen molar-refractivity contribution in [3.63, 3.8) is 0 Å². The van der Waals surface area contributed by atoms with E-state index in [0.717, 1.165) is 48.7 Å². The predicted octanol–water partition coefficient (Wildman–Crippen LogP) is 2.20. The molecule has 1 unspecified atom stereocenters. The fourth-order valence-electron chi connectivity index (χ4n) is 4.33. The predicted molar refractivity (Wildman–Crippen MR) is 107 cm³/mol. The van der Waals surface area contributed by atoms with Crippen molar-refractivity contribution < 1.29 is 13.9 Å². The molecule has 2 aliphatic heterocycles. The zero-order valence-corrected chi connectivity index (χ0v) is 16.6. The van der Waals surface area contributed by atoms with Crippen LogP contribution in [0.4, 0.5) is 0 Å². The van der Waals surface area contributed by atoms with Crippen molar-refractivity contribution in [1.82, 2.24) is 25.0 Å². The number of piperidine rings is 1. The Bertz CT molecular complexity index is 1030. The topological polar surface area (TPSA) is 85.4 Å². The molecule has 0 radical (unpaired) electrons. The Labute approximate surface area is 168 Å². The first-order chi connectivity index (χ1) is 14.2. The molecule has 8 heteroatoms. The molecule has 0 spiro atoms. The quantitative estimate of drug-likeness (QED) is 0.732. The summed E-state index contributed by atoms with van der Waals surface area (Å²) in [6, 6.07) is 7.34. The van der Waals surface area contributed by atoms with Crippen molar-refractivity contribution in [3.05, 3.63) is 41.7 Å². The van der Waals surface area contributed by atoms with Gasteiger partial charge >= 0.3 is 0 Å². The van der Waals surface area contributed by atoms with Gasteiger partial charge in [-0.2, -0.15) is 0 Å². The highest BCUT2D eigenvalue weighted by Crippen LogP contribution is 2.26. The molecule has 2 aromatic heterocycles. The van der Waals surface area contributed by atoms with Crippen LogP contribution in [0.25, 0.3) is 11.0 Å². The molecular formula is C21H25N5O3. The number of ether oxygens (including phenoxy) is 1. The van der Waals surface area contributed by atoms with E-state index in [1.807, 2.05) is 23.1 Å². The number of amides is 1. The number of rotatable bonds is 3. The van der Waals surface area contributed by atoms with E-state index in [1.54, 1.807) is 13.2 Å². The Hall–Kier alpha value is -2.87. The SMILES string of the molecule is COc1ccc2oc(C(=O)N3CCc4nnc(C5CCCNC5)n4CC3)cc2c1. The van der Waals surface area contributed by atoms with Crippen molar-refractivity contribution in [2.45, 2.75) is 31.7 Å². The number of benzene rings is 1. The lowest BCUT2D eigenvalue weighted by Gasteiger charge is -2.23. The molecule has 29 heavy (non-hydrogen) atoms. The fourth-order valence-corrected chi connectivity index (χ4v) is 4.33. The molecule has 0 aliphatic carbocycles. The van der Waals surface area contributed by atoms with Crippen LogP contribution in [-0.2, 0) is 13.0 Å². The van der Waals surface area contributed by atoms with Gasteiger partial charge < -0.3 is 23.9 Å². The van der Waals surface area contributed by atoms with Crippen LogP contribution in [0, 0.1) is 0 Å². The summed E-state index contributed by atoms with van der Waals surface area (Å²) in [7, 11) is 1.63. The molecular weight excluding hydrogens is 370 g/mol. The van der Waals surface area contributed by atoms with E-state index in [-0.39, 0.29) is 5.91 Å². The Balaban J connectivity index is 1.34. The van der Waals surface area contributed by atoms with Gasteiger partial charge in [-0.1, -0.05) is 0 Å². The molecule has 1 aromatic carbocycles. The van der Waals surface area contributed by atoms with Crippen molar-refractivity contribution in [2.75, 3.05) is 33.3 Å². The number of nitrogens with zero attached hydrogens (tertiary/aromatic N) is 4. The van der Waals surface area contributed by atoms with Gasteiger partial charge in [0.05, 0.1) is 7.11 Å². The van der Waals surface area contributed by atoms with Crippen LogP contribution in [0.3, 0.4) is 0 Å². The van der Waals surface area contributed by atoms with Crippen molar-refractivity contribution in [2.24, 2.45) is 0 Å². The molecule has 3 aromatic rings. The summed E-state index contributed by atoms with van der Waals surface area (Å²) in [6.45, 7) is 3.97. The van der Waals surface area contributed by atoms with Crippen LogP contribution in [0.5, 0.6) is 5.75 Å². The molecule has 0 bridgehead atoms. The van der Waals surface area contributed by atoms with Gasteiger partial charge in [-0.3, -0.25) is 4.79 Å². The Morgan fingerprint density at radius 1 is 1.24 bits per heavy atom. The molecule has 0 saturated carbocycles. The smallest absolute Gasteiger partial charge is 0.289 e. The second-order valence-corrected chi connectivity index (χ2v) is 7.73. The number of nitrogens with one attached hydrogen (secondary N) is 1. The third kappa shape index (κ3) is 3.37. The lowest BCUT2D eigenvalue weighted by Crippen LogP contribution is -2.34. The molecule has 1 atom stereocenters. The van der Waals surface area contributed by atoms with Gasteiger partial charge in [0.2, 0.25) is 0 Å². The third-order valence-electron chi connectivity index (χ3n) is 5.94.